The number of thioether (sulfide) groups is 1. The smallest absolute Gasteiger partial charge is 0.339 e. The van der Waals surface area contributed by atoms with Gasteiger partial charge in [-0.3, -0.25) is 0 Å². The third-order valence-corrected chi connectivity index (χ3v) is 3.77. The van der Waals surface area contributed by atoms with Gasteiger partial charge in [-0.25, -0.2) is 4.79 Å². The molecule has 0 saturated carbocycles. The molecule has 0 spiro atoms. The highest BCUT2D eigenvalue weighted by molar-refractivity contribution is 9.10. The highest BCUT2D eigenvalue weighted by atomic mass is 79.9. The van der Waals surface area contributed by atoms with Crippen LogP contribution in [0.2, 0.25) is 0 Å². The van der Waals surface area contributed by atoms with Crippen LogP contribution in [0.1, 0.15) is 24.2 Å². The van der Waals surface area contributed by atoms with Crippen LogP contribution in [-0.2, 0) is 4.74 Å². The van der Waals surface area contributed by atoms with Crippen molar-refractivity contribution >= 4 is 33.7 Å². The Morgan fingerprint density at radius 1 is 1.41 bits per heavy atom. The predicted octanol–water partition coefficient (Wildman–Crippen LogP) is 3.75. The van der Waals surface area contributed by atoms with E-state index >= 15 is 0 Å². The van der Waals surface area contributed by atoms with Crippen LogP contribution in [0.3, 0.4) is 0 Å². The minimum absolute atomic E-state index is 0.342. The summed E-state index contributed by atoms with van der Waals surface area (Å²) in [6, 6.07) is 3.63. The zero-order valence-electron chi connectivity index (χ0n) is 10.1. The van der Waals surface area contributed by atoms with Gasteiger partial charge in [0, 0.05) is 0 Å². The van der Waals surface area contributed by atoms with Crippen molar-refractivity contribution in [2.24, 2.45) is 0 Å². The zero-order valence-corrected chi connectivity index (χ0v) is 12.5. The minimum Gasteiger partial charge on any atom is -0.494 e. The van der Waals surface area contributed by atoms with Gasteiger partial charge >= 0.3 is 5.97 Å². The maximum atomic E-state index is 11.7. The van der Waals surface area contributed by atoms with Crippen molar-refractivity contribution in [2.75, 3.05) is 19.5 Å². The minimum atomic E-state index is -0.342. The molecule has 1 aromatic rings. The van der Waals surface area contributed by atoms with Crippen LogP contribution in [0.25, 0.3) is 0 Å². The van der Waals surface area contributed by atoms with Crippen LogP contribution in [0.5, 0.6) is 5.75 Å². The number of hydrogen-bond donors (Lipinski definition) is 0. The molecule has 94 valence electrons. The molecule has 0 fully saturated rings. The Labute approximate surface area is 114 Å². The number of rotatable bonds is 5. The van der Waals surface area contributed by atoms with Crippen molar-refractivity contribution in [3.05, 3.63) is 22.2 Å². The molecule has 0 aliphatic heterocycles. The number of ether oxygens (including phenoxy) is 2. The Morgan fingerprint density at radius 2 is 2.12 bits per heavy atom. The predicted molar refractivity (Wildman–Crippen MR) is 73.0 cm³/mol. The number of hydrogen-bond acceptors (Lipinski definition) is 4. The Kier molecular flexibility index (Phi) is 5.85. The summed E-state index contributed by atoms with van der Waals surface area (Å²) >= 11 is 5.06. The molecule has 17 heavy (non-hydrogen) atoms. The van der Waals surface area contributed by atoms with E-state index in [1.165, 1.54) is 0 Å². The number of halogens is 1. The number of esters is 1. The number of benzene rings is 1. The number of methoxy groups -OCH3 is 1. The molecule has 0 radical (unpaired) electrons. The molecule has 0 bridgehead atoms. The Balaban J connectivity index is 3.15. The summed E-state index contributed by atoms with van der Waals surface area (Å²) in [5, 5.41) is 0. The molecule has 0 N–H and O–H groups in total. The van der Waals surface area contributed by atoms with Gasteiger partial charge in [-0.1, -0.05) is 6.92 Å². The number of carbonyl (C=O) groups is 1. The maximum absolute atomic E-state index is 11.7. The van der Waals surface area contributed by atoms with Crippen molar-refractivity contribution in [1.29, 1.82) is 0 Å². The summed E-state index contributed by atoms with van der Waals surface area (Å²) in [7, 11) is 1.59. The van der Waals surface area contributed by atoms with Crippen molar-refractivity contribution < 1.29 is 14.3 Å². The van der Waals surface area contributed by atoms with Gasteiger partial charge in [0.1, 0.15) is 5.75 Å². The molecular formula is C12H15BrO3S. The standard InChI is InChI=1S/C12H15BrO3S/c1-4-16-12(14)8-6-7-9(17-5-2)11(15-3)10(8)13/h6-7H,4-5H2,1-3H3. The van der Waals surface area contributed by atoms with Crippen LogP contribution in [0.4, 0.5) is 0 Å². The van der Waals surface area contributed by atoms with Gasteiger partial charge in [-0.05, 0) is 40.7 Å². The lowest BCUT2D eigenvalue weighted by Gasteiger charge is -2.12. The van der Waals surface area contributed by atoms with Crippen molar-refractivity contribution in [3.63, 3.8) is 0 Å². The molecule has 0 atom stereocenters. The van der Waals surface area contributed by atoms with E-state index in [0.717, 1.165) is 10.6 Å². The zero-order chi connectivity index (χ0) is 12.8. The van der Waals surface area contributed by atoms with Crippen molar-refractivity contribution in [1.82, 2.24) is 0 Å². The van der Waals surface area contributed by atoms with E-state index in [9.17, 15) is 4.79 Å². The average molecular weight is 319 g/mol. The van der Waals surface area contributed by atoms with Crippen molar-refractivity contribution in [3.8, 4) is 5.75 Å². The van der Waals surface area contributed by atoms with Gasteiger partial charge in [0.15, 0.2) is 0 Å². The largest absolute Gasteiger partial charge is 0.494 e. The average Bonchev–Trinajstić information content (AvgIpc) is 2.30. The number of carbonyl (C=O) groups excluding carboxylic acids is 1. The normalized spacial score (nSPS) is 10.1. The van der Waals surface area contributed by atoms with Gasteiger partial charge in [0.2, 0.25) is 0 Å². The molecule has 0 amide bonds. The van der Waals surface area contributed by atoms with Crippen LogP contribution >= 0.6 is 27.7 Å². The van der Waals surface area contributed by atoms with Gasteiger partial charge in [-0.2, -0.15) is 0 Å². The van der Waals surface area contributed by atoms with Gasteiger partial charge in [0.25, 0.3) is 0 Å². The van der Waals surface area contributed by atoms with Crippen LogP contribution in [0, 0.1) is 0 Å². The molecule has 1 aromatic carbocycles. The Morgan fingerprint density at radius 3 is 2.65 bits per heavy atom. The lowest BCUT2D eigenvalue weighted by atomic mass is 10.2. The van der Waals surface area contributed by atoms with E-state index in [2.05, 4.69) is 22.9 Å². The fourth-order valence-corrected chi connectivity index (χ4v) is 2.96. The third kappa shape index (κ3) is 3.39. The van der Waals surface area contributed by atoms with Gasteiger partial charge in [0.05, 0.1) is 28.6 Å². The maximum Gasteiger partial charge on any atom is 0.339 e. The molecule has 5 heteroatoms. The Bertz CT molecular complexity index is 407. The second-order valence-electron chi connectivity index (χ2n) is 3.11. The van der Waals surface area contributed by atoms with Crippen molar-refractivity contribution in [2.45, 2.75) is 18.7 Å². The summed E-state index contributed by atoms with van der Waals surface area (Å²) < 4.78 is 10.9. The third-order valence-electron chi connectivity index (χ3n) is 2.06. The van der Waals surface area contributed by atoms with Gasteiger partial charge < -0.3 is 9.47 Å². The van der Waals surface area contributed by atoms with E-state index in [1.807, 2.05) is 6.07 Å². The quantitative estimate of drug-likeness (QED) is 0.612. The first-order valence-electron chi connectivity index (χ1n) is 5.32. The Hall–Kier alpha value is -0.680. The SMILES string of the molecule is CCOC(=O)c1ccc(SCC)c(OC)c1Br. The van der Waals surface area contributed by atoms with E-state index in [0.29, 0.717) is 22.4 Å². The first kappa shape index (κ1) is 14.4. The molecule has 0 unspecified atom stereocenters. The topological polar surface area (TPSA) is 35.5 Å². The molecule has 0 aliphatic carbocycles. The lowest BCUT2D eigenvalue weighted by molar-refractivity contribution is 0.0524. The van der Waals surface area contributed by atoms with Crippen LogP contribution in [0.15, 0.2) is 21.5 Å². The van der Waals surface area contributed by atoms with E-state index < -0.39 is 0 Å². The monoisotopic (exact) mass is 318 g/mol. The van der Waals surface area contributed by atoms with Gasteiger partial charge in [-0.15, -0.1) is 11.8 Å². The summed E-state index contributed by atoms with van der Waals surface area (Å²) in [4.78, 5) is 12.7. The van der Waals surface area contributed by atoms with E-state index in [-0.39, 0.29) is 5.97 Å². The molecular weight excluding hydrogens is 304 g/mol. The van der Waals surface area contributed by atoms with Crippen LogP contribution < -0.4 is 4.74 Å². The second kappa shape index (κ2) is 6.91. The highest BCUT2D eigenvalue weighted by Crippen LogP contribution is 2.38. The molecule has 0 aliphatic rings. The molecule has 0 saturated heterocycles. The fourth-order valence-electron chi connectivity index (χ4n) is 1.36. The summed E-state index contributed by atoms with van der Waals surface area (Å²) in [6.45, 7) is 4.21. The summed E-state index contributed by atoms with van der Waals surface area (Å²) in [5.74, 6) is 1.29. The molecule has 0 heterocycles. The first-order chi connectivity index (χ1) is 8.15. The lowest BCUT2D eigenvalue weighted by Crippen LogP contribution is -2.06. The van der Waals surface area contributed by atoms with Crippen LogP contribution in [-0.4, -0.2) is 25.4 Å². The highest BCUT2D eigenvalue weighted by Gasteiger charge is 2.17. The molecule has 3 nitrogen and oxygen atoms in total. The van der Waals surface area contributed by atoms with E-state index in [4.69, 9.17) is 9.47 Å². The first-order valence-corrected chi connectivity index (χ1v) is 7.09. The summed E-state index contributed by atoms with van der Waals surface area (Å²) in [5.41, 5.74) is 0.490. The summed E-state index contributed by atoms with van der Waals surface area (Å²) in [6.07, 6.45) is 0. The fraction of sp³-hybridized carbons (Fsp3) is 0.417. The van der Waals surface area contributed by atoms with E-state index in [1.54, 1.807) is 31.9 Å². The molecule has 0 aromatic heterocycles. The molecule has 1 rings (SSSR count). The second-order valence-corrected chi connectivity index (χ2v) is 5.21.